The Morgan fingerprint density at radius 3 is 2.41 bits per heavy atom. The van der Waals surface area contributed by atoms with Crippen LogP contribution in [0.25, 0.3) is 0 Å². The van der Waals surface area contributed by atoms with Gasteiger partial charge in [-0.3, -0.25) is 4.90 Å². The quantitative estimate of drug-likeness (QED) is 0.851. The average Bonchev–Trinajstić information content (AvgIpc) is 3.06. The molecule has 0 bridgehead atoms. The van der Waals surface area contributed by atoms with Crippen molar-refractivity contribution in [1.82, 2.24) is 4.90 Å². The normalized spacial score (nSPS) is 25.3. The molecule has 1 aliphatic carbocycles. The van der Waals surface area contributed by atoms with Gasteiger partial charge in [-0.1, -0.05) is 12.1 Å². The number of carboxylic acids is 1. The standard InChI is InChI=1S/C16H23NO3.C2HF3O2/c1-18-13-5-3-12(4-6-13)11-17-9-10-20-16-14(17)7-8-15(16)19-2;3-2(4,5)1(6)7/h3-6,14-16H,7-11H2,1-2H3;(H,6,7)/t14-,15+,16+;/m0./s1. The Kier molecular flexibility index (Phi) is 7.46. The Hall–Kier alpha value is -1.84. The summed E-state index contributed by atoms with van der Waals surface area (Å²) < 4.78 is 48.4. The molecule has 152 valence electrons. The first-order chi connectivity index (χ1) is 12.8. The van der Waals surface area contributed by atoms with E-state index in [0.29, 0.717) is 6.04 Å². The van der Waals surface area contributed by atoms with Crippen molar-refractivity contribution < 1.29 is 37.3 Å². The summed E-state index contributed by atoms with van der Waals surface area (Å²) in [5.74, 6) is -1.85. The van der Waals surface area contributed by atoms with Crippen LogP contribution in [0.1, 0.15) is 18.4 Å². The molecule has 1 saturated carbocycles. The van der Waals surface area contributed by atoms with Gasteiger partial charge in [0.1, 0.15) is 5.75 Å². The molecule has 1 N–H and O–H groups in total. The molecule has 3 rings (SSSR count). The molecule has 6 nitrogen and oxygen atoms in total. The molecule has 0 unspecified atom stereocenters. The highest BCUT2D eigenvalue weighted by Gasteiger charge is 2.42. The molecule has 0 aromatic heterocycles. The number of fused-ring (bicyclic) bond motifs is 1. The van der Waals surface area contributed by atoms with Gasteiger partial charge in [-0.15, -0.1) is 0 Å². The van der Waals surface area contributed by atoms with Gasteiger partial charge in [0.2, 0.25) is 0 Å². The predicted molar refractivity (Wildman–Crippen MR) is 90.7 cm³/mol. The largest absolute Gasteiger partial charge is 0.497 e. The Morgan fingerprint density at radius 1 is 1.26 bits per heavy atom. The van der Waals surface area contributed by atoms with E-state index < -0.39 is 12.1 Å². The summed E-state index contributed by atoms with van der Waals surface area (Å²) in [7, 11) is 3.49. The molecule has 0 amide bonds. The Morgan fingerprint density at radius 2 is 1.89 bits per heavy atom. The minimum absolute atomic E-state index is 0.243. The molecule has 1 aromatic rings. The van der Waals surface area contributed by atoms with Crippen LogP contribution < -0.4 is 4.74 Å². The van der Waals surface area contributed by atoms with Crippen molar-refractivity contribution in [3.63, 3.8) is 0 Å². The van der Waals surface area contributed by atoms with Crippen LogP contribution in [0.4, 0.5) is 13.2 Å². The molecule has 0 radical (unpaired) electrons. The second-order valence-electron chi connectivity index (χ2n) is 6.38. The number of aliphatic carboxylic acids is 1. The fraction of sp³-hybridized carbons (Fsp3) is 0.611. The number of methoxy groups -OCH3 is 2. The van der Waals surface area contributed by atoms with Crippen molar-refractivity contribution in [2.45, 2.75) is 43.8 Å². The van der Waals surface area contributed by atoms with Crippen LogP contribution >= 0.6 is 0 Å². The number of rotatable bonds is 4. The first-order valence-corrected chi connectivity index (χ1v) is 8.57. The van der Waals surface area contributed by atoms with Gasteiger partial charge in [0.05, 0.1) is 25.9 Å². The minimum atomic E-state index is -5.08. The summed E-state index contributed by atoms with van der Waals surface area (Å²) in [6, 6.07) is 8.84. The molecule has 27 heavy (non-hydrogen) atoms. The monoisotopic (exact) mass is 391 g/mol. The topological polar surface area (TPSA) is 68.2 Å². The van der Waals surface area contributed by atoms with Crippen LogP contribution in [-0.2, 0) is 20.8 Å². The first kappa shape index (κ1) is 21.5. The lowest BCUT2D eigenvalue weighted by Gasteiger charge is -2.38. The van der Waals surface area contributed by atoms with E-state index in [4.69, 9.17) is 24.1 Å². The zero-order chi connectivity index (χ0) is 20.0. The first-order valence-electron chi connectivity index (χ1n) is 8.57. The molecular weight excluding hydrogens is 367 g/mol. The Labute approximate surface area is 155 Å². The van der Waals surface area contributed by atoms with E-state index in [1.54, 1.807) is 14.2 Å². The number of carbonyl (C=O) groups is 1. The van der Waals surface area contributed by atoms with Crippen LogP contribution in [0.5, 0.6) is 5.75 Å². The zero-order valence-electron chi connectivity index (χ0n) is 15.2. The van der Waals surface area contributed by atoms with Crippen molar-refractivity contribution in [2.24, 2.45) is 0 Å². The van der Waals surface area contributed by atoms with Gasteiger partial charge in [0.15, 0.2) is 0 Å². The molecule has 2 aliphatic rings. The second kappa shape index (κ2) is 9.38. The highest BCUT2D eigenvalue weighted by Crippen LogP contribution is 2.32. The van der Waals surface area contributed by atoms with Gasteiger partial charge in [-0.2, -0.15) is 13.2 Å². The average molecular weight is 391 g/mol. The molecule has 1 heterocycles. The number of ether oxygens (including phenoxy) is 3. The van der Waals surface area contributed by atoms with Gasteiger partial charge in [0.25, 0.3) is 0 Å². The maximum atomic E-state index is 10.6. The summed E-state index contributed by atoms with van der Waals surface area (Å²) in [4.78, 5) is 11.4. The summed E-state index contributed by atoms with van der Waals surface area (Å²) in [6.07, 6.45) is -2.31. The Bertz CT molecular complexity index is 608. The minimum Gasteiger partial charge on any atom is -0.497 e. The SMILES string of the molecule is COc1ccc(CN2CCO[C@H]3[C@H](OC)CC[C@@H]32)cc1.O=C(O)C(F)(F)F. The van der Waals surface area contributed by atoms with Crippen molar-refractivity contribution >= 4 is 5.97 Å². The second-order valence-corrected chi connectivity index (χ2v) is 6.38. The van der Waals surface area contributed by atoms with Crippen molar-refractivity contribution in [3.05, 3.63) is 29.8 Å². The van der Waals surface area contributed by atoms with E-state index in [9.17, 15) is 13.2 Å². The highest BCUT2D eigenvalue weighted by atomic mass is 19.4. The smallest absolute Gasteiger partial charge is 0.490 e. The van der Waals surface area contributed by atoms with Crippen LogP contribution in [0, 0.1) is 0 Å². The molecule has 2 fully saturated rings. The number of hydrogen-bond donors (Lipinski definition) is 1. The molecule has 1 aliphatic heterocycles. The van der Waals surface area contributed by atoms with E-state index >= 15 is 0 Å². The third-order valence-electron chi connectivity index (χ3n) is 4.74. The lowest BCUT2D eigenvalue weighted by Crippen LogP contribution is -2.51. The van der Waals surface area contributed by atoms with Crippen LogP contribution in [0.2, 0.25) is 0 Å². The predicted octanol–water partition coefficient (Wildman–Crippen LogP) is 2.71. The molecule has 9 heteroatoms. The molecule has 1 aromatic carbocycles. The number of alkyl halides is 3. The van der Waals surface area contributed by atoms with E-state index in [1.807, 2.05) is 12.1 Å². The summed E-state index contributed by atoms with van der Waals surface area (Å²) >= 11 is 0. The maximum Gasteiger partial charge on any atom is 0.490 e. The van der Waals surface area contributed by atoms with Crippen LogP contribution in [-0.4, -0.2) is 67.8 Å². The number of nitrogens with zero attached hydrogens (tertiary/aromatic N) is 1. The van der Waals surface area contributed by atoms with Crippen molar-refractivity contribution in [1.29, 1.82) is 0 Å². The summed E-state index contributed by atoms with van der Waals surface area (Å²) in [5, 5.41) is 7.12. The number of halogens is 3. The maximum absolute atomic E-state index is 10.6. The fourth-order valence-corrected chi connectivity index (χ4v) is 3.41. The van der Waals surface area contributed by atoms with Gasteiger partial charge in [-0.25, -0.2) is 4.79 Å². The fourth-order valence-electron chi connectivity index (χ4n) is 3.41. The number of hydrogen-bond acceptors (Lipinski definition) is 5. The van der Waals surface area contributed by atoms with E-state index in [0.717, 1.165) is 31.9 Å². The Balaban J connectivity index is 0.000000321. The molecule has 1 saturated heterocycles. The van der Waals surface area contributed by atoms with Crippen molar-refractivity contribution in [3.8, 4) is 5.75 Å². The molecular formula is C18H24F3NO5. The third-order valence-corrected chi connectivity index (χ3v) is 4.74. The molecule has 3 atom stereocenters. The van der Waals surface area contributed by atoms with Gasteiger partial charge in [-0.05, 0) is 30.5 Å². The third kappa shape index (κ3) is 5.82. The van der Waals surface area contributed by atoms with Crippen molar-refractivity contribution in [2.75, 3.05) is 27.4 Å². The van der Waals surface area contributed by atoms with Gasteiger partial charge < -0.3 is 19.3 Å². The molecule has 0 spiro atoms. The highest BCUT2D eigenvalue weighted by molar-refractivity contribution is 5.73. The van der Waals surface area contributed by atoms with Gasteiger partial charge in [0, 0.05) is 26.2 Å². The number of benzene rings is 1. The van der Waals surface area contributed by atoms with E-state index in [1.165, 1.54) is 12.0 Å². The summed E-state index contributed by atoms with van der Waals surface area (Å²) in [6.45, 7) is 2.78. The number of carboxylic acid groups (broad SMARTS) is 1. The van der Waals surface area contributed by atoms with E-state index in [2.05, 4.69) is 17.0 Å². The summed E-state index contributed by atoms with van der Waals surface area (Å²) in [5.41, 5.74) is 1.33. The van der Waals surface area contributed by atoms with E-state index in [-0.39, 0.29) is 12.2 Å². The van der Waals surface area contributed by atoms with Gasteiger partial charge >= 0.3 is 12.1 Å². The van der Waals surface area contributed by atoms with Crippen LogP contribution in [0.15, 0.2) is 24.3 Å². The lowest BCUT2D eigenvalue weighted by molar-refractivity contribution is -0.192. The number of morpholine rings is 1. The zero-order valence-corrected chi connectivity index (χ0v) is 15.2. The van der Waals surface area contributed by atoms with Crippen LogP contribution in [0.3, 0.4) is 0 Å². The lowest BCUT2D eigenvalue weighted by atomic mass is 10.1.